The lowest BCUT2D eigenvalue weighted by Gasteiger charge is -2.39. The van der Waals surface area contributed by atoms with Crippen LogP contribution in [0.15, 0.2) is 42.5 Å². The zero-order chi connectivity index (χ0) is 18.8. The lowest BCUT2D eigenvalue weighted by molar-refractivity contribution is 0.106. The van der Waals surface area contributed by atoms with Crippen molar-refractivity contribution in [2.75, 3.05) is 31.6 Å². The molecule has 2 aliphatic rings. The van der Waals surface area contributed by atoms with Gasteiger partial charge in [0.2, 0.25) is 0 Å². The molecule has 28 heavy (non-hydrogen) atoms. The number of nitrogens with one attached hydrogen (secondary N) is 1. The van der Waals surface area contributed by atoms with Gasteiger partial charge in [-0.25, -0.2) is 0 Å². The molecule has 1 N–H and O–H groups in total. The van der Waals surface area contributed by atoms with Crippen molar-refractivity contribution in [1.82, 2.24) is 10.2 Å². The molecular weight excluding hydrogens is 413 g/mol. The number of piperidine rings is 1. The minimum Gasteiger partial charge on any atom is -0.373 e. The van der Waals surface area contributed by atoms with Crippen LogP contribution in [0, 0.1) is 0 Å². The SMILES string of the molecule is CN1CC(Cc2ccc(Cl)cc2)N(C2CCNCC2)Cc2cc(Cl)ccc21.Cl. The minimum absolute atomic E-state index is 0. The molecule has 4 rings (SSSR count). The summed E-state index contributed by atoms with van der Waals surface area (Å²) in [5, 5.41) is 5.13. The van der Waals surface area contributed by atoms with Gasteiger partial charge in [0, 0.05) is 48.0 Å². The van der Waals surface area contributed by atoms with E-state index in [1.54, 1.807) is 0 Å². The summed E-state index contributed by atoms with van der Waals surface area (Å²) in [6.07, 6.45) is 3.45. The fraction of sp³-hybridized carbons (Fsp3) is 0.455. The van der Waals surface area contributed by atoms with E-state index >= 15 is 0 Å². The summed E-state index contributed by atoms with van der Waals surface area (Å²) in [6.45, 7) is 4.19. The van der Waals surface area contributed by atoms with Crippen molar-refractivity contribution in [2.45, 2.75) is 37.9 Å². The fourth-order valence-corrected chi connectivity index (χ4v) is 4.86. The van der Waals surface area contributed by atoms with E-state index in [1.807, 2.05) is 18.2 Å². The molecule has 0 radical (unpaired) electrons. The summed E-state index contributed by atoms with van der Waals surface area (Å²) in [7, 11) is 2.20. The normalized spacial score (nSPS) is 21.0. The van der Waals surface area contributed by atoms with Gasteiger partial charge in [-0.05, 0) is 73.8 Å². The molecule has 6 heteroatoms. The number of fused-ring (bicyclic) bond motifs is 1. The highest BCUT2D eigenvalue weighted by Crippen LogP contribution is 2.32. The lowest BCUT2D eigenvalue weighted by Crippen LogP contribution is -2.50. The molecule has 0 aromatic heterocycles. The van der Waals surface area contributed by atoms with Crippen LogP contribution in [-0.4, -0.2) is 43.7 Å². The highest BCUT2D eigenvalue weighted by Gasteiger charge is 2.32. The Hall–Kier alpha value is -0.970. The number of hydrogen-bond donors (Lipinski definition) is 1. The van der Waals surface area contributed by atoms with Gasteiger partial charge in [-0.2, -0.15) is 0 Å². The topological polar surface area (TPSA) is 18.5 Å². The largest absolute Gasteiger partial charge is 0.373 e. The summed E-state index contributed by atoms with van der Waals surface area (Å²) in [5.74, 6) is 0. The number of anilines is 1. The molecule has 2 aromatic carbocycles. The van der Waals surface area contributed by atoms with Crippen molar-refractivity contribution >= 4 is 41.3 Å². The van der Waals surface area contributed by atoms with E-state index in [4.69, 9.17) is 23.2 Å². The smallest absolute Gasteiger partial charge is 0.0410 e. The van der Waals surface area contributed by atoms with Crippen LogP contribution in [0.3, 0.4) is 0 Å². The van der Waals surface area contributed by atoms with Crippen molar-refractivity contribution in [3.05, 3.63) is 63.6 Å². The molecule has 0 spiro atoms. The monoisotopic (exact) mass is 439 g/mol. The van der Waals surface area contributed by atoms with Crippen LogP contribution in [0.4, 0.5) is 5.69 Å². The van der Waals surface area contributed by atoms with Crippen LogP contribution in [0.5, 0.6) is 0 Å². The molecule has 152 valence electrons. The average Bonchev–Trinajstić information content (AvgIpc) is 2.80. The number of hydrogen-bond acceptors (Lipinski definition) is 3. The van der Waals surface area contributed by atoms with Crippen molar-refractivity contribution < 1.29 is 0 Å². The van der Waals surface area contributed by atoms with Gasteiger partial charge < -0.3 is 10.2 Å². The molecule has 1 saturated heterocycles. The van der Waals surface area contributed by atoms with E-state index in [0.717, 1.165) is 42.6 Å². The summed E-state index contributed by atoms with van der Waals surface area (Å²) < 4.78 is 0. The second-order valence-corrected chi connectivity index (χ2v) is 8.66. The van der Waals surface area contributed by atoms with Crippen LogP contribution in [0.2, 0.25) is 10.0 Å². The number of benzene rings is 2. The first-order valence-electron chi connectivity index (χ1n) is 9.80. The van der Waals surface area contributed by atoms with Gasteiger partial charge in [-0.3, -0.25) is 4.90 Å². The highest BCUT2D eigenvalue weighted by atomic mass is 35.5. The van der Waals surface area contributed by atoms with E-state index in [-0.39, 0.29) is 12.4 Å². The van der Waals surface area contributed by atoms with Crippen LogP contribution < -0.4 is 10.2 Å². The Bertz CT molecular complexity index is 775. The zero-order valence-electron chi connectivity index (χ0n) is 16.2. The van der Waals surface area contributed by atoms with Crippen LogP contribution in [-0.2, 0) is 13.0 Å². The Kier molecular flexibility index (Phi) is 7.52. The third-order valence-electron chi connectivity index (χ3n) is 5.92. The van der Waals surface area contributed by atoms with Crippen molar-refractivity contribution in [3.8, 4) is 0 Å². The molecule has 0 saturated carbocycles. The summed E-state index contributed by atoms with van der Waals surface area (Å²) in [4.78, 5) is 5.13. The van der Waals surface area contributed by atoms with E-state index < -0.39 is 0 Å². The molecule has 1 unspecified atom stereocenters. The third-order valence-corrected chi connectivity index (χ3v) is 6.41. The van der Waals surface area contributed by atoms with Crippen molar-refractivity contribution in [3.63, 3.8) is 0 Å². The summed E-state index contributed by atoms with van der Waals surface area (Å²) in [5.41, 5.74) is 3.99. The number of nitrogens with zero attached hydrogens (tertiary/aromatic N) is 2. The first kappa shape index (κ1) is 21.7. The van der Waals surface area contributed by atoms with E-state index in [2.05, 4.69) is 46.4 Å². The minimum atomic E-state index is 0. The van der Waals surface area contributed by atoms with E-state index in [9.17, 15) is 0 Å². The Balaban J connectivity index is 0.00000225. The first-order chi connectivity index (χ1) is 13.1. The molecule has 0 amide bonds. The Morgan fingerprint density at radius 2 is 1.68 bits per heavy atom. The summed E-state index contributed by atoms with van der Waals surface area (Å²) in [6, 6.07) is 15.7. The predicted molar refractivity (Wildman–Crippen MR) is 122 cm³/mol. The zero-order valence-corrected chi connectivity index (χ0v) is 18.5. The standard InChI is InChI=1S/C22H27Cl2N3.ClH/c1-26-15-21(12-16-2-4-18(23)5-3-16)27(20-8-10-25-11-9-20)14-17-13-19(24)6-7-22(17)26;/h2-7,13,20-21,25H,8-12,14-15H2,1H3;1H. The first-order valence-corrected chi connectivity index (χ1v) is 10.6. The quantitative estimate of drug-likeness (QED) is 0.722. The Morgan fingerprint density at radius 3 is 2.39 bits per heavy atom. The Morgan fingerprint density at radius 1 is 1.00 bits per heavy atom. The molecule has 2 aliphatic heterocycles. The van der Waals surface area contributed by atoms with E-state index in [1.165, 1.54) is 29.7 Å². The molecule has 1 atom stereocenters. The van der Waals surface area contributed by atoms with Gasteiger partial charge in [-0.1, -0.05) is 35.3 Å². The van der Waals surface area contributed by atoms with Crippen LogP contribution >= 0.6 is 35.6 Å². The van der Waals surface area contributed by atoms with Gasteiger partial charge in [0.15, 0.2) is 0 Å². The van der Waals surface area contributed by atoms with E-state index in [0.29, 0.717) is 12.1 Å². The lowest BCUT2D eigenvalue weighted by atomic mass is 9.98. The maximum Gasteiger partial charge on any atom is 0.0410 e. The van der Waals surface area contributed by atoms with Crippen molar-refractivity contribution in [1.29, 1.82) is 0 Å². The predicted octanol–water partition coefficient (Wildman–Crippen LogP) is 5.03. The second-order valence-electron chi connectivity index (χ2n) is 7.79. The number of rotatable bonds is 3. The molecule has 2 heterocycles. The fourth-order valence-electron chi connectivity index (χ4n) is 4.54. The van der Waals surface area contributed by atoms with Crippen molar-refractivity contribution in [2.24, 2.45) is 0 Å². The van der Waals surface area contributed by atoms with Gasteiger partial charge in [0.25, 0.3) is 0 Å². The number of likely N-dealkylation sites (N-methyl/N-ethyl adjacent to an activating group) is 1. The molecule has 0 aliphatic carbocycles. The number of halogens is 3. The maximum atomic E-state index is 6.33. The van der Waals surface area contributed by atoms with Gasteiger partial charge in [-0.15, -0.1) is 12.4 Å². The van der Waals surface area contributed by atoms with Gasteiger partial charge in [0.05, 0.1) is 0 Å². The third kappa shape index (κ3) is 4.95. The maximum absolute atomic E-state index is 6.33. The Labute approximate surface area is 184 Å². The summed E-state index contributed by atoms with van der Waals surface area (Å²) >= 11 is 12.4. The molecule has 3 nitrogen and oxygen atoms in total. The van der Waals surface area contributed by atoms with Gasteiger partial charge in [0.1, 0.15) is 0 Å². The second kappa shape index (κ2) is 9.69. The molecule has 2 aromatic rings. The highest BCUT2D eigenvalue weighted by molar-refractivity contribution is 6.31. The molecule has 0 bridgehead atoms. The molecular formula is C22H28Cl3N3. The molecule has 1 fully saturated rings. The average molecular weight is 441 g/mol. The van der Waals surface area contributed by atoms with Gasteiger partial charge >= 0.3 is 0 Å². The van der Waals surface area contributed by atoms with Crippen LogP contribution in [0.1, 0.15) is 24.0 Å². The van der Waals surface area contributed by atoms with Crippen LogP contribution in [0.25, 0.3) is 0 Å².